The zero-order valence-electron chi connectivity index (χ0n) is 13.7. The predicted octanol–water partition coefficient (Wildman–Crippen LogP) is 0.983. The fourth-order valence-electron chi connectivity index (χ4n) is 3.58. The van der Waals surface area contributed by atoms with Crippen LogP contribution in [0.25, 0.3) is 0 Å². The van der Waals surface area contributed by atoms with Crippen LogP contribution in [0.5, 0.6) is 0 Å². The maximum atomic E-state index is 15.2. The highest BCUT2D eigenvalue weighted by Crippen LogP contribution is 2.45. The summed E-state index contributed by atoms with van der Waals surface area (Å²) in [6.07, 6.45) is 7.00. The average molecular weight is 345 g/mol. The minimum absolute atomic E-state index is 0.0894. The van der Waals surface area contributed by atoms with E-state index in [1.54, 1.807) is 29.5 Å². The molecule has 2 aromatic heterocycles. The van der Waals surface area contributed by atoms with E-state index in [1.165, 1.54) is 0 Å². The minimum Gasteiger partial charge on any atom is -0.380 e. The molecule has 2 aliphatic heterocycles. The highest BCUT2D eigenvalue weighted by molar-refractivity contribution is 5.97. The third-order valence-corrected chi connectivity index (χ3v) is 5.07. The molecular formula is C17H20FN5O2. The zero-order chi connectivity index (χ0) is 17.3. The van der Waals surface area contributed by atoms with E-state index in [1.807, 2.05) is 12.1 Å². The van der Waals surface area contributed by atoms with Gasteiger partial charge in [0.15, 0.2) is 0 Å². The number of nitrogens with one attached hydrogen (secondary N) is 2. The van der Waals surface area contributed by atoms with Crippen LogP contribution in [0.15, 0.2) is 36.9 Å². The number of rotatable bonds is 4. The van der Waals surface area contributed by atoms with Gasteiger partial charge in [0.25, 0.3) is 0 Å². The first-order valence-electron chi connectivity index (χ1n) is 8.32. The number of aromatic nitrogens is 3. The molecule has 0 aliphatic carbocycles. The van der Waals surface area contributed by atoms with E-state index < -0.39 is 11.1 Å². The fraction of sp³-hybridized carbons (Fsp3) is 0.471. The lowest BCUT2D eigenvalue weighted by atomic mass is 9.72. The summed E-state index contributed by atoms with van der Waals surface area (Å²) in [5.41, 5.74) is -1.20. The lowest BCUT2D eigenvalue weighted by Crippen LogP contribution is -2.57. The number of alkyl halides is 1. The molecule has 2 N–H and O–H groups in total. The highest BCUT2D eigenvalue weighted by Gasteiger charge is 2.62. The van der Waals surface area contributed by atoms with Gasteiger partial charge >= 0.3 is 0 Å². The van der Waals surface area contributed by atoms with Crippen molar-refractivity contribution in [3.63, 3.8) is 0 Å². The maximum absolute atomic E-state index is 15.2. The van der Waals surface area contributed by atoms with Gasteiger partial charge in [-0.15, -0.1) is 0 Å². The highest BCUT2D eigenvalue weighted by atomic mass is 19.1. The quantitative estimate of drug-likeness (QED) is 0.863. The van der Waals surface area contributed by atoms with Gasteiger partial charge < -0.3 is 15.4 Å². The van der Waals surface area contributed by atoms with E-state index in [9.17, 15) is 4.79 Å². The smallest absolute Gasteiger partial charge is 0.237 e. The largest absolute Gasteiger partial charge is 0.380 e. The van der Waals surface area contributed by atoms with Crippen LogP contribution in [0.4, 0.5) is 10.1 Å². The number of carbonyl (C=O) groups excluding carboxylic acids is 1. The van der Waals surface area contributed by atoms with Crippen molar-refractivity contribution in [3.05, 3.63) is 42.5 Å². The fourth-order valence-corrected chi connectivity index (χ4v) is 3.58. The van der Waals surface area contributed by atoms with Crippen LogP contribution in [0.3, 0.4) is 0 Å². The number of amides is 1. The Morgan fingerprint density at radius 3 is 3.20 bits per heavy atom. The summed E-state index contributed by atoms with van der Waals surface area (Å²) in [6.45, 7) is 1.44. The summed E-state index contributed by atoms with van der Waals surface area (Å²) in [7, 11) is 0. The minimum atomic E-state index is -1.57. The average Bonchev–Trinajstić information content (AvgIpc) is 3.19. The molecule has 0 radical (unpaired) electrons. The van der Waals surface area contributed by atoms with Crippen molar-refractivity contribution in [1.29, 1.82) is 0 Å². The van der Waals surface area contributed by atoms with Gasteiger partial charge in [0.2, 0.25) is 5.91 Å². The normalized spacial score (nSPS) is 28.5. The first-order valence-corrected chi connectivity index (χ1v) is 8.32. The molecule has 0 bridgehead atoms. The number of anilines is 1. The van der Waals surface area contributed by atoms with E-state index in [0.29, 0.717) is 18.8 Å². The number of ether oxygens (including phenoxy) is 1. The second kappa shape index (κ2) is 6.20. The molecule has 0 unspecified atom stereocenters. The van der Waals surface area contributed by atoms with Crippen molar-refractivity contribution in [3.8, 4) is 0 Å². The van der Waals surface area contributed by atoms with E-state index in [-0.39, 0.29) is 32.0 Å². The molecule has 0 aromatic carbocycles. The molecule has 4 heterocycles. The van der Waals surface area contributed by atoms with Gasteiger partial charge in [-0.3, -0.25) is 14.5 Å². The molecule has 8 heteroatoms. The lowest BCUT2D eigenvalue weighted by Gasteiger charge is -2.41. The topological polar surface area (TPSA) is 81.1 Å². The third-order valence-electron chi connectivity index (χ3n) is 5.07. The van der Waals surface area contributed by atoms with Crippen LogP contribution in [0, 0.1) is 5.41 Å². The van der Waals surface area contributed by atoms with E-state index in [2.05, 4.69) is 20.7 Å². The molecule has 0 saturated carbocycles. The lowest BCUT2D eigenvalue weighted by molar-refractivity contribution is -0.148. The van der Waals surface area contributed by atoms with Crippen molar-refractivity contribution in [2.75, 3.05) is 31.6 Å². The molecule has 2 saturated heterocycles. The van der Waals surface area contributed by atoms with E-state index >= 15 is 4.39 Å². The van der Waals surface area contributed by atoms with Crippen LogP contribution in [-0.4, -0.2) is 52.6 Å². The number of fused-ring (bicyclic) bond motifs is 1. The van der Waals surface area contributed by atoms with Gasteiger partial charge in [-0.2, -0.15) is 5.10 Å². The summed E-state index contributed by atoms with van der Waals surface area (Å²) < 4.78 is 22.4. The molecule has 132 valence electrons. The van der Waals surface area contributed by atoms with Crippen molar-refractivity contribution < 1.29 is 13.9 Å². The van der Waals surface area contributed by atoms with Gasteiger partial charge in [0.05, 0.1) is 25.0 Å². The van der Waals surface area contributed by atoms with Crippen LogP contribution >= 0.6 is 0 Å². The summed E-state index contributed by atoms with van der Waals surface area (Å²) in [5.74, 6) is -0.361. The first kappa shape index (κ1) is 16.2. The molecule has 2 aliphatic rings. The second-order valence-corrected chi connectivity index (χ2v) is 6.70. The van der Waals surface area contributed by atoms with E-state index in [0.717, 1.165) is 5.56 Å². The molecule has 0 spiro atoms. The van der Waals surface area contributed by atoms with Crippen molar-refractivity contribution in [1.82, 2.24) is 20.1 Å². The molecule has 2 atom stereocenters. The first-order chi connectivity index (χ1) is 12.1. The molecule has 2 fully saturated rings. The molecular weight excluding hydrogens is 325 g/mol. The number of hydrogen-bond donors (Lipinski definition) is 2. The Bertz CT molecular complexity index is 767. The third kappa shape index (κ3) is 2.81. The van der Waals surface area contributed by atoms with Crippen LogP contribution in [0.2, 0.25) is 0 Å². The zero-order valence-corrected chi connectivity index (χ0v) is 13.7. The SMILES string of the molecule is O=C(Nc1cnn(Cc2cccnc2)c1)[C@@]12CNC[C@]1(F)CCOC2. The molecule has 2 aromatic rings. The summed E-state index contributed by atoms with van der Waals surface area (Å²) in [4.78, 5) is 16.9. The number of hydrogen-bond acceptors (Lipinski definition) is 5. The van der Waals surface area contributed by atoms with Gasteiger partial charge in [0, 0.05) is 44.7 Å². The van der Waals surface area contributed by atoms with Gasteiger partial charge in [-0.25, -0.2) is 4.39 Å². The molecule has 4 rings (SSSR count). The number of carbonyl (C=O) groups is 1. The number of halogens is 1. The van der Waals surface area contributed by atoms with Crippen molar-refractivity contribution >= 4 is 11.6 Å². The number of nitrogens with zero attached hydrogens (tertiary/aromatic N) is 3. The van der Waals surface area contributed by atoms with Crippen molar-refractivity contribution in [2.24, 2.45) is 5.41 Å². The standard InChI is InChI=1S/C17H20FN5O2/c18-17-3-5-25-12-16(17,10-20-11-17)15(24)22-14-7-21-23(9-14)8-13-2-1-4-19-6-13/h1-2,4,6-7,9,20H,3,5,8,10-12H2,(H,22,24)/t16-,17+/m0/s1. The van der Waals surface area contributed by atoms with Gasteiger partial charge in [0.1, 0.15) is 11.1 Å². The predicted molar refractivity (Wildman–Crippen MR) is 88.8 cm³/mol. The van der Waals surface area contributed by atoms with Crippen molar-refractivity contribution in [2.45, 2.75) is 18.6 Å². The Kier molecular flexibility index (Phi) is 4.01. The van der Waals surface area contributed by atoms with Crippen LogP contribution in [-0.2, 0) is 16.1 Å². The second-order valence-electron chi connectivity index (χ2n) is 6.70. The maximum Gasteiger partial charge on any atom is 0.237 e. The Hall–Kier alpha value is -2.32. The molecule has 7 nitrogen and oxygen atoms in total. The van der Waals surface area contributed by atoms with Crippen LogP contribution < -0.4 is 10.6 Å². The Morgan fingerprint density at radius 2 is 2.36 bits per heavy atom. The molecule has 25 heavy (non-hydrogen) atoms. The number of pyridine rings is 1. The van der Waals surface area contributed by atoms with Gasteiger partial charge in [-0.05, 0) is 11.6 Å². The summed E-state index contributed by atoms with van der Waals surface area (Å²) >= 11 is 0. The summed E-state index contributed by atoms with van der Waals surface area (Å²) in [6, 6.07) is 3.81. The van der Waals surface area contributed by atoms with Gasteiger partial charge in [-0.1, -0.05) is 6.07 Å². The monoisotopic (exact) mass is 345 g/mol. The van der Waals surface area contributed by atoms with E-state index in [4.69, 9.17) is 4.74 Å². The Labute approximate surface area is 144 Å². The molecule has 1 amide bonds. The summed E-state index contributed by atoms with van der Waals surface area (Å²) in [5, 5.41) is 10.1. The Balaban J connectivity index is 1.48. The Morgan fingerprint density at radius 1 is 1.44 bits per heavy atom. The van der Waals surface area contributed by atoms with Crippen LogP contribution in [0.1, 0.15) is 12.0 Å².